The highest BCUT2D eigenvalue weighted by atomic mass is 19.1. The van der Waals surface area contributed by atoms with Crippen molar-refractivity contribution in [1.29, 1.82) is 0 Å². The summed E-state index contributed by atoms with van der Waals surface area (Å²) < 4.78 is 19.5. The number of para-hydroxylation sites is 2. The van der Waals surface area contributed by atoms with Crippen LogP contribution in [-0.2, 0) is 4.74 Å². The second-order valence-electron chi connectivity index (χ2n) is 3.73. The van der Waals surface area contributed by atoms with Gasteiger partial charge >= 0.3 is 5.97 Å². The third-order valence-corrected chi connectivity index (χ3v) is 2.51. The van der Waals surface area contributed by atoms with Crippen LogP contribution in [0.5, 0.6) is 0 Å². The van der Waals surface area contributed by atoms with Crippen LogP contribution in [-0.4, -0.2) is 27.3 Å². The van der Waals surface area contributed by atoms with Crippen molar-refractivity contribution in [3.8, 4) is 5.69 Å². The molecule has 0 bridgehead atoms. The zero-order chi connectivity index (χ0) is 14.7. The number of carbonyl (C=O) groups is 1. The Morgan fingerprint density at radius 2 is 2.20 bits per heavy atom. The maximum absolute atomic E-state index is 14.1. The molecule has 0 atom stereocenters. The van der Waals surface area contributed by atoms with E-state index < -0.39 is 16.8 Å². The van der Waals surface area contributed by atoms with Crippen molar-refractivity contribution in [3.05, 3.63) is 52.1 Å². The molecule has 2 aromatic rings. The average Bonchev–Trinajstić information content (AvgIpc) is 2.80. The van der Waals surface area contributed by atoms with Crippen molar-refractivity contribution in [2.45, 2.75) is 6.92 Å². The first-order valence-corrected chi connectivity index (χ1v) is 5.70. The van der Waals surface area contributed by atoms with Crippen LogP contribution in [0.15, 0.2) is 30.5 Å². The molecular weight excluding hydrogens is 269 g/mol. The zero-order valence-electron chi connectivity index (χ0n) is 10.4. The maximum atomic E-state index is 14.1. The van der Waals surface area contributed by atoms with Crippen LogP contribution in [0.4, 0.5) is 10.1 Å². The first-order chi connectivity index (χ1) is 9.56. The summed E-state index contributed by atoms with van der Waals surface area (Å²) in [5, 5.41) is 14.6. The Morgan fingerprint density at radius 3 is 2.85 bits per heavy atom. The van der Waals surface area contributed by atoms with Crippen LogP contribution in [0.3, 0.4) is 0 Å². The van der Waals surface area contributed by atoms with Gasteiger partial charge in [-0.2, -0.15) is 14.2 Å². The van der Waals surface area contributed by atoms with Crippen molar-refractivity contribution < 1.29 is 18.8 Å². The molecule has 2 rings (SSSR count). The number of aromatic nitrogens is 2. The molecule has 20 heavy (non-hydrogen) atoms. The number of nitro benzene ring substituents is 1. The molecule has 1 heterocycles. The van der Waals surface area contributed by atoms with E-state index in [9.17, 15) is 19.3 Å². The predicted molar refractivity (Wildman–Crippen MR) is 66.1 cm³/mol. The molecule has 0 amide bonds. The summed E-state index contributed by atoms with van der Waals surface area (Å²) in [6.07, 6.45) is 0.976. The fourth-order valence-electron chi connectivity index (χ4n) is 1.64. The molecule has 0 fully saturated rings. The lowest BCUT2D eigenvalue weighted by molar-refractivity contribution is -0.384. The smallest absolute Gasteiger partial charge is 0.344 e. The number of ether oxygens (including phenoxy) is 1. The van der Waals surface area contributed by atoms with E-state index >= 15 is 0 Å². The Hall–Kier alpha value is -2.77. The Kier molecular flexibility index (Phi) is 3.74. The van der Waals surface area contributed by atoms with E-state index in [1.165, 1.54) is 24.3 Å². The number of carbonyl (C=O) groups excluding carboxylic acids is 1. The van der Waals surface area contributed by atoms with E-state index in [1.54, 1.807) is 6.92 Å². The highest BCUT2D eigenvalue weighted by molar-refractivity contribution is 5.89. The van der Waals surface area contributed by atoms with E-state index in [4.69, 9.17) is 0 Å². The van der Waals surface area contributed by atoms with Crippen LogP contribution in [0.1, 0.15) is 17.3 Å². The first kappa shape index (κ1) is 13.7. The lowest BCUT2D eigenvalue weighted by Crippen LogP contribution is -2.08. The van der Waals surface area contributed by atoms with Gasteiger partial charge in [-0.25, -0.2) is 4.79 Å². The summed E-state index contributed by atoms with van der Waals surface area (Å²) in [5.41, 5.74) is -0.750. The monoisotopic (exact) mass is 279 g/mol. The van der Waals surface area contributed by atoms with Crippen LogP contribution in [0.25, 0.3) is 5.69 Å². The van der Waals surface area contributed by atoms with Crippen molar-refractivity contribution in [1.82, 2.24) is 9.78 Å². The summed E-state index contributed by atoms with van der Waals surface area (Å²) in [7, 11) is 0. The fraction of sp³-hybridized carbons (Fsp3) is 0.167. The minimum absolute atomic E-state index is 0.0643. The molecule has 0 aliphatic heterocycles. The fourth-order valence-corrected chi connectivity index (χ4v) is 1.64. The van der Waals surface area contributed by atoms with Crippen molar-refractivity contribution in [3.63, 3.8) is 0 Å². The summed E-state index contributed by atoms with van der Waals surface area (Å²) in [5.74, 6) is -1.87. The van der Waals surface area contributed by atoms with Gasteiger partial charge in [0.15, 0.2) is 0 Å². The quantitative estimate of drug-likeness (QED) is 0.486. The summed E-state index contributed by atoms with van der Waals surface area (Å²) in [4.78, 5) is 21.7. The van der Waals surface area contributed by atoms with Crippen LogP contribution < -0.4 is 0 Å². The molecule has 104 valence electrons. The molecular formula is C12H10FN3O4. The molecule has 1 aromatic heterocycles. The van der Waals surface area contributed by atoms with Gasteiger partial charge in [0.25, 0.3) is 5.69 Å². The van der Waals surface area contributed by atoms with Crippen molar-refractivity contribution >= 4 is 11.7 Å². The molecule has 1 aromatic carbocycles. The minimum atomic E-state index is -1.00. The lowest BCUT2D eigenvalue weighted by Gasteiger charge is -2.03. The van der Waals surface area contributed by atoms with Crippen LogP contribution >= 0.6 is 0 Å². The van der Waals surface area contributed by atoms with Gasteiger partial charge in [0.05, 0.1) is 17.7 Å². The standard InChI is InChI=1S/C12H10FN3O4/c1-2-20-12(17)8-7-14-15(11(8)13)9-5-3-4-6-10(9)16(18)19/h3-7H,2H2,1H3. The molecule has 0 unspecified atom stereocenters. The number of hydrogen-bond donors (Lipinski definition) is 0. The number of nitro groups is 1. The minimum Gasteiger partial charge on any atom is -0.462 e. The molecule has 0 saturated carbocycles. The molecule has 0 aliphatic carbocycles. The number of halogens is 1. The number of esters is 1. The Morgan fingerprint density at radius 1 is 1.50 bits per heavy atom. The number of benzene rings is 1. The maximum Gasteiger partial charge on any atom is 0.344 e. The largest absolute Gasteiger partial charge is 0.462 e. The van der Waals surface area contributed by atoms with Gasteiger partial charge < -0.3 is 4.74 Å². The van der Waals surface area contributed by atoms with Crippen molar-refractivity contribution in [2.75, 3.05) is 6.61 Å². The number of rotatable bonds is 4. The van der Waals surface area contributed by atoms with Crippen LogP contribution in [0.2, 0.25) is 0 Å². The number of hydrogen-bond acceptors (Lipinski definition) is 5. The van der Waals surface area contributed by atoms with Gasteiger partial charge in [-0.05, 0) is 13.0 Å². The Bertz CT molecular complexity index is 668. The van der Waals surface area contributed by atoms with Gasteiger partial charge in [0.1, 0.15) is 11.3 Å². The molecule has 0 radical (unpaired) electrons. The van der Waals surface area contributed by atoms with Gasteiger partial charge in [-0.3, -0.25) is 10.1 Å². The lowest BCUT2D eigenvalue weighted by atomic mass is 10.2. The van der Waals surface area contributed by atoms with E-state index in [0.29, 0.717) is 4.68 Å². The Labute approximate surface area is 112 Å². The molecule has 0 saturated heterocycles. The molecule has 7 nitrogen and oxygen atoms in total. The van der Waals surface area contributed by atoms with Crippen molar-refractivity contribution in [2.24, 2.45) is 0 Å². The van der Waals surface area contributed by atoms with Gasteiger partial charge in [0, 0.05) is 6.07 Å². The van der Waals surface area contributed by atoms with E-state index in [0.717, 1.165) is 6.20 Å². The molecule has 0 aliphatic rings. The normalized spacial score (nSPS) is 10.3. The Balaban J connectivity index is 2.50. The highest BCUT2D eigenvalue weighted by Gasteiger charge is 2.23. The predicted octanol–water partition coefficient (Wildman–Crippen LogP) is 2.10. The zero-order valence-corrected chi connectivity index (χ0v) is 10.4. The van der Waals surface area contributed by atoms with Gasteiger partial charge in [0.2, 0.25) is 5.95 Å². The summed E-state index contributed by atoms with van der Waals surface area (Å²) in [6, 6.07) is 5.52. The van der Waals surface area contributed by atoms with Gasteiger partial charge in [-0.15, -0.1) is 0 Å². The van der Waals surface area contributed by atoms with E-state index in [-0.39, 0.29) is 23.5 Å². The third kappa shape index (κ3) is 2.35. The average molecular weight is 279 g/mol. The van der Waals surface area contributed by atoms with Gasteiger partial charge in [-0.1, -0.05) is 12.1 Å². The van der Waals surface area contributed by atoms with Crippen LogP contribution in [0, 0.1) is 16.1 Å². The summed E-state index contributed by atoms with van der Waals surface area (Å²) in [6.45, 7) is 1.68. The topological polar surface area (TPSA) is 87.3 Å². The number of nitrogens with zero attached hydrogens (tertiary/aromatic N) is 3. The SMILES string of the molecule is CCOC(=O)c1cnn(-c2ccccc2[N+](=O)[O-])c1F. The highest BCUT2D eigenvalue weighted by Crippen LogP contribution is 2.23. The van der Waals surface area contributed by atoms with E-state index in [1.807, 2.05) is 0 Å². The summed E-state index contributed by atoms with van der Waals surface area (Å²) >= 11 is 0. The molecule has 8 heteroatoms. The molecule has 0 spiro atoms. The molecule has 0 N–H and O–H groups in total. The third-order valence-electron chi connectivity index (χ3n) is 2.51. The second kappa shape index (κ2) is 5.47. The first-order valence-electron chi connectivity index (χ1n) is 5.70. The second-order valence-corrected chi connectivity index (χ2v) is 3.73. The van der Waals surface area contributed by atoms with E-state index in [2.05, 4.69) is 9.84 Å².